The van der Waals surface area contributed by atoms with Crippen molar-refractivity contribution in [3.05, 3.63) is 11.1 Å². The lowest BCUT2D eigenvalue weighted by atomic mass is 9.79. The van der Waals surface area contributed by atoms with Gasteiger partial charge in [0.25, 0.3) is 0 Å². The van der Waals surface area contributed by atoms with E-state index >= 15 is 0 Å². The predicted octanol–water partition coefficient (Wildman–Crippen LogP) is 1.69. The highest BCUT2D eigenvalue weighted by Gasteiger charge is 2.41. The number of anilines is 1. The standard InChI is InChI=1S/C14H21N3O2S/c15-13-16-11(8-20-13)2-1-6-17-9-14(4-3-12(17)18)5-7-19-10-14/h8H,1-7,9-10H2,(H2,15,16)/t14-/m0/s1. The van der Waals surface area contributed by atoms with Gasteiger partial charge < -0.3 is 15.4 Å². The van der Waals surface area contributed by atoms with E-state index in [1.807, 2.05) is 10.3 Å². The van der Waals surface area contributed by atoms with Gasteiger partial charge in [0.15, 0.2) is 5.13 Å². The lowest BCUT2D eigenvalue weighted by molar-refractivity contribution is -0.137. The van der Waals surface area contributed by atoms with E-state index in [-0.39, 0.29) is 5.41 Å². The maximum atomic E-state index is 12.0. The summed E-state index contributed by atoms with van der Waals surface area (Å²) in [6, 6.07) is 0. The summed E-state index contributed by atoms with van der Waals surface area (Å²) in [5.41, 5.74) is 6.90. The minimum Gasteiger partial charge on any atom is -0.381 e. The van der Waals surface area contributed by atoms with Crippen LogP contribution in [-0.2, 0) is 16.0 Å². The zero-order chi connectivity index (χ0) is 14.0. The summed E-state index contributed by atoms with van der Waals surface area (Å²) in [6.07, 6.45) is 4.60. The summed E-state index contributed by atoms with van der Waals surface area (Å²) in [6.45, 7) is 3.35. The van der Waals surface area contributed by atoms with Crippen LogP contribution in [0.4, 0.5) is 5.13 Å². The third-order valence-corrected chi connectivity index (χ3v) is 5.09. The van der Waals surface area contributed by atoms with Crippen molar-refractivity contribution in [1.29, 1.82) is 0 Å². The van der Waals surface area contributed by atoms with E-state index in [9.17, 15) is 4.79 Å². The number of amides is 1. The first-order chi connectivity index (χ1) is 9.67. The Labute approximate surface area is 123 Å². The molecular weight excluding hydrogens is 274 g/mol. The van der Waals surface area contributed by atoms with Gasteiger partial charge in [-0.1, -0.05) is 0 Å². The van der Waals surface area contributed by atoms with Crippen molar-refractivity contribution in [3.63, 3.8) is 0 Å². The van der Waals surface area contributed by atoms with E-state index in [4.69, 9.17) is 10.5 Å². The molecule has 1 amide bonds. The number of hydrogen-bond acceptors (Lipinski definition) is 5. The van der Waals surface area contributed by atoms with Crippen molar-refractivity contribution in [2.75, 3.05) is 32.0 Å². The number of piperidine rings is 1. The zero-order valence-corrected chi connectivity index (χ0v) is 12.5. The molecule has 1 atom stereocenters. The summed E-state index contributed by atoms with van der Waals surface area (Å²) in [4.78, 5) is 18.3. The van der Waals surface area contributed by atoms with E-state index in [1.165, 1.54) is 11.3 Å². The Morgan fingerprint density at radius 1 is 1.50 bits per heavy atom. The van der Waals surface area contributed by atoms with Gasteiger partial charge in [0, 0.05) is 36.9 Å². The van der Waals surface area contributed by atoms with Crippen molar-refractivity contribution in [3.8, 4) is 0 Å². The molecule has 1 spiro atoms. The molecule has 0 aliphatic carbocycles. The van der Waals surface area contributed by atoms with E-state index < -0.39 is 0 Å². The topological polar surface area (TPSA) is 68.4 Å². The number of ether oxygens (including phenoxy) is 1. The molecule has 0 bridgehead atoms. The maximum absolute atomic E-state index is 12.0. The fourth-order valence-electron chi connectivity index (χ4n) is 3.17. The van der Waals surface area contributed by atoms with Gasteiger partial charge in [-0.05, 0) is 25.7 Å². The minimum absolute atomic E-state index is 0.235. The number of aryl methyl sites for hydroxylation is 1. The van der Waals surface area contributed by atoms with E-state index in [1.54, 1.807) is 0 Å². The van der Waals surface area contributed by atoms with E-state index in [2.05, 4.69) is 4.98 Å². The van der Waals surface area contributed by atoms with Gasteiger partial charge in [-0.2, -0.15) is 0 Å². The van der Waals surface area contributed by atoms with Gasteiger partial charge in [-0.15, -0.1) is 11.3 Å². The van der Waals surface area contributed by atoms with Crippen LogP contribution in [0.5, 0.6) is 0 Å². The van der Waals surface area contributed by atoms with Crippen LogP contribution >= 0.6 is 11.3 Å². The number of hydrogen-bond donors (Lipinski definition) is 1. The van der Waals surface area contributed by atoms with Crippen molar-refractivity contribution < 1.29 is 9.53 Å². The molecule has 3 heterocycles. The summed E-state index contributed by atoms with van der Waals surface area (Å²) in [7, 11) is 0. The quantitative estimate of drug-likeness (QED) is 0.917. The minimum atomic E-state index is 0.235. The molecule has 2 aliphatic rings. The lowest BCUT2D eigenvalue weighted by Gasteiger charge is -2.39. The van der Waals surface area contributed by atoms with Gasteiger partial charge in [0.1, 0.15) is 0 Å². The number of rotatable bonds is 4. The molecule has 2 N–H and O–H groups in total. The molecule has 2 aliphatic heterocycles. The number of likely N-dealkylation sites (tertiary alicyclic amines) is 1. The number of nitrogen functional groups attached to an aromatic ring is 1. The summed E-state index contributed by atoms with van der Waals surface area (Å²) < 4.78 is 5.54. The molecule has 3 rings (SSSR count). The number of nitrogens with two attached hydrogens (primary N) is 1. The third kappa shape index (κ3) is 2.96. The molecule has 0 aromatic carbocycles. The molecule has 6 heteroatoms. The Balaban J connectivity index is 1.51. The van der Waals surface area contributed by atoms with Crippen LogP contribution in [0, 0.1) is 5.41 Å². The van der Waals surface area contributed by atoms with E-state index in [0.29, 0.717) is 17.5 Å². The molecule has 1 aromatic rings. The fraction of sp³-hybridized carbons (Fsp3) is 0.714. The Kier molecular flexibility index (Phi) is 3.94. The molecule has 0 unspecified atom stereocenters. The molecule has 110 valence electrons. The molecule has 1 aromatic heterocycles. The Morgan fingerprint density at radius 2 is 2.40 bits per heavy atom. The molecule has 20 heavy (non-hydrogen) atoms. The highest BCUT2D eigenvalue weighted by molar-refractivity contribution is 7.13. The normalized spacial score (nSPS) is 26.6. The molecule has 2 saturated heterocycles. The first-order valence-corrected chi connectivity index (χ1v) is 8.10. The Hall–Kier alpha value is -1.14. The van der Waals surface area contributed by atoms with Crippen molar-refractivity contribution >= 4 is 22.4 Å². The second-order valence-corrected chi connectivity index (χ2v) is 6.79. The van der Waals surface area contributed by atoms with Crippen molar-refractivity contribution in [2.24, 2.45) is 5.41 Å². The number of carbonyl (C=O) groups excluding carboxylic acids is 1. The van der Waals surface area contributed by atoms with Gasteiger partial charge >= 0.3 is 0 Å². The lowest BCUT2D eigenvalue weighted by Crippen LogP contribution is -2.47. The highest BCUT2D eigenvalue weighted by atomic mass is 32.1. The van der Waals surface area contributed by atoms with Gasteiger partial charge in [-0.3, -0.25) is 4.79 Å². The van der Waals surface area contributed by atoms with Crippen LogP contribution in [0.1, 0.15) is 31.4 Å². The number of aromatic nitrogens is 1. The number of carbonyl (C=O) groups is 1. The van der Waals surface area contributed by atoms with Gasteiger partial charge in [-0.25, -0.2) is 4.98 Å². The molecule has 0 radical (unpaired) electrons. The van der Waals surface area contributed by atoms with Crippen LogP contribution in [0.3, 0.4) is 0 Å². The van der Waals surface area contributed by atoms with Crippen LogP contribution in [0.2, 0.25) is 0 Å². The predicted molar refractivity (Wildman–Crippen MR) is 78.5 cm³/mol. The van der Waals surface area contributed by atoms with Crippen molar-refractivity contribution in [1.82, 2.24) is 9.88 Å². The maximum Gasteiger partial charge on any atom is 0.222 e. The SMILES string of the molecule is Nc1nc(CCCN2C[C@@]3(CCOC3)CCC2=O)cs1. The van der Waals surface area contributed by atoms with Crippen LogP contribution in [0.25, 0.3) is 0 Å². The monoisotopic (exact) mass is 295 g/mol. The van der Waals surface area contributed by atoms with Crippen LogP contribution in [-0.4, -0.2) is 42.1 Å². The number of nitrogens with zero attached hydrogens (tertiary/aromatic N) is 2. The summed E-state index contributed by atoms with van der Waals surface area (Å²) >= 11 is 1.48. The first-order valence-electron chi connectivity index (χ1n) is 7.22. The average molecular weight is 295 g/mol. The summed E-state index contributed by atoms with van der Waals surface area (Å²) in [5, 5.41) is 2.62. The highest BCUT2D eigenvalue weighted by Crippen LogP contribution is 2.38. The Bertz CT molecular complexity index is 483. The number of thiazole rings is 1. The Morgan fingerprint density at radius 3 is 3.10 bits per heavy atom. The average Bonchev–Trinajstić information content (AvgIpc) is 3.04. The largest absolute Gasteiger partial charge is 0.381 e. The molecule has 5 nitrogen and oxygen atoms in total. The summed E-state index contributed by atoms with van der Waals surface area (Å²) in [5.74, 6) is 0.292. The van der Waals surface area contributed by atoms with Crippen molar-refractivity contribution in [2.45, 2.75) is 32.1 Å². The van der Waals surface area contributed by atoms with Crippen LogP contribution in [0.15, 0.2) is 5.38 Å². The third-order valence-electron chi connectivity index (χ3n) is 4.36. The molecular formula is C14H21N3O2S. The fourth-order valence-corrected chi connectivity index (χ4v) is 3.76. The zero-order valence-electron chi connectivity index (χ0n) is 11.6. The van der Waals surface area contributed by atoms with Gasteiger partial charge in [0.2, 0.25) is 5.91 Å². The first kappa shape index (κ1) is 13.8. The van der Waals surface area contributed by atoms with Gasteiger partial charge in [0.05, 0.1) is 12.3 Å². The van der Waals surface area contributed by atoms with Crippen LogP contribution < -0.4 is 5.73 Å². The molecule has 0 saturated carbocycles. The smallest absolute Gasteiger partial charge is 0.222 e. The second kappa shape index (κ2) is 5.69. The molecule has 2 fully saturated rings. The van der Waals surface area contributed by atoms with E-state index in [0.717, 1.165) is 57.7 Å². The second-order valence-electron chi connectivity index (χ2n) is 5.90.